The minimum absolute atomic E-state index is 0.292. The number of nitrogens with zero attached hydrogens (tertiary/aromatic N) is 5. The maximum atomic E-state index is 9.60. The molecule has 1 unspecified atom stereocenters. The number of hydrogen-bond acceptors (Lipinski definition) is 6. The molecule has 2 heterocycles. The Balaban J connectivity index is 2.01. The van der Waals surface area contributed by atoms with E-state index in [9.17, 15) is 5.11 Å². The summed E-state index contributed by atoms with van der Waals surface area (Å²) in [6, 6.07) is 9.82. The van der Waals surface area contributed by atoms with Gasteiger partial charge in [-0.15, -0.1) is 0 Å². The van der Waals surface area contributed by atoms with Crippen molar-refractivity contribution in [1.29, 1.82) is 0 Å². The molecule has 0 radical (unpaired) electrons. The van der Waals surface area contributed by atoms with Crippen molar-refractivity contribution in [3.05, 3.63) is 48.4 Å². The quantitative estimate of drug-likeness (QED) is 0.724. The van der Waals surface area contributed by atoms with E-state index in [0.717, 1.165) is 11.3 Å². The molecular weight excluding hydrogens is 282 g/mol. The number of benzene rings is 1. The predicted molar refractivity (Wildman–Crippen MR) is 82.1 cm³/mol. The first kappa shape index (κ1) is 14.4. The Kier molecular flexibility index (Phi) is 3.99. The molecule has 7 nitrogen and oxygen atoms in total. The molecule has 22 heavy (non-hydrogen) atoms. The number of hydrogen-bond donors (Lipinski definition) is 2. The predicted octanol–water partition coefficient (Wildman–Crippen LogP) is 0.788. The summed E-state index contributed by atoms with van der Waals surface area (Å²) in [5, 5.41) is 22.9. The van der Waals surface area contributed by atoms with Crippen LogP contribution in [0.4, 0.5) is 11.6 Å². The second kappa shape index (κ2) is 6.08. The minimum atomic E-state index is -0.821. The van der Waals surface area contributed by atoms with Gasteiger partial charge in [-0.05, 0) is 12.1 Å². The Morgan fingerprint density at radius 1 is 1.23 bits per heavy atom. The molecule has 2 N–H and O–H groups in total. The normalized spacial score (nSPS) is 12.5. The van der Waals surface area contributed by atoms with E-state index in [1.807, 2.05) is 42.3 Å². The van der Waals surface area contributed by atoms with Crippen LogP contribution in [0.15, 0.2) is 42.9 Å². The number of aliphatic hydroxyl groups is 2. The molecule has 0 bridgehead atoms. The first-order valence-electron chi connectivity index (χ1n) is 6.96. The van der Waals surface area contributed by atoms with Crippen LogP contribution in [0.2, 0.25) is 0 Å². The lowest BCUT2D eigenvalue weighted by atomic mass is 10.1. The van der Waals surface area contributed by atoms with E-state index in [1.54, 1.807) is 10.7 Å². The standard InChI is InChI=1S/C15H17N5O2/c1-19(12-5-3-2-4-6-12)15-17-10-16-14-11(7-13(22)9-21)8-18-20(14)15/h2-6,8,10,13,21-22H,7,9H2,1H3. The van der Waals surface area contributed by atoms with E-state index < -0.39 is 6.10 Å². The highest BCUT2D eigenvalue weighted by Crippen LogP contribution is 2.22. The zero-order valence-corrected chi connectivity index (χ0v) is 12.2. The van der Waals surface area contributed by atoms with Crippen LogP contribution in [-0.2, 0) is 6.42 Å². The first-order valence-corrected chi connectivity index (χ1v) is 6.96. The number of anilines is 2. The van der Waals surface area contributed by atoms with Crippen molar-refractivity contribution in [1.82, 2.24) is 19.6 Å². The highest BCUT2D eigenvalue weighted by atomic mass is 16.3. The molecular formula is C15H17N5O2. The van der Waals surface area contributed by atoms with Gasteiger partial charge in [-0.1, -0.05) is 18.2 Å². The summed E-state index contributed by atoms with van der Waals surface area (Å²) in [4.78, 5) is 10.4. The van der Waals surface area contributed by atoms with Crippen LogP contribution in [0.5, 0.6) is 0 Å². The molecule has 1 aromatic carbocycles. The van der Waals surface area contributed by atoms with Gasteiger partial charge in [0.2, 0.25) is 5.95 Å². The van der Waals surface area contributed by atoms with Crippen molar-refractivity contribution in [2.45, 2.75) is 12.5 Å². The molecule has 0 amide bonds. The number of aliphatic hydroxyl groups excluding tert-OH is 2. The van der Waals surface area contributed by atoms with Gasteiger partial charge in [0.25, 0.3) is 0 Å². The Hall–Kier alpha value is -2.51. The average Bonchev–Trinajstić information content (AvgIpc) is 2.98. The summed E-state index contributed by atoms with van der Waals surface area (Å²) in [5.74, 6) is 0.626. The van der Waals surface area contributed by atoms with Gasteiger partial charge in [0.05, 0.1) is 18.9 Å². The van der Waals surface area contributed by atoms with Crippen LogP contribution in [0.1, 0.15) is 5.56 Å². The average molecular weight is 299 g/mol. The molecule has 0 fully saturated rings. The molecule has 1 atom stereocenters. The Morgan fingerprint density at radius 3 is 2.73 bits per heavy atom. The van der Waals surface area contributed by atoms with Crippen LogP contribution in [0.3, 0.4) is 0 Å². The molecule has 114 valence electrons. The van der Waals surface area contributed by atoms with Gasteiger partial charge in [-0.3, -0.25) is 0 Å². The summed E-state index contributed by atoms with van der Waals surface area (Å²) in [5.41, 5.74) is 2.38. The third-order valence-electron chi connectivity index (χ3n) is 3.47. The second-order valence-corrected chi connectivity index (χ2v) is 5.01. The fraction of sp³-hybridized carbons (Fsp3) is 0.267. The maximum absolute atomic E-state index is 9.60. The number of rotatable bonds is 5. The fourth-order valence-electron chi connectivity index (χ4n) is 2.31. The molecule has 0 aliphatic rings. The lowest BCUT2D eigenvalue weighted by Crippen LogP contribution is -2.17. The lowest BCUT2D eigenvalue weighted by molar-refractivity contribution is 0.0957. The monoisotopic (exact) mass is 299 g/mol. The highest BCUT2D eigenvalue weighted by molar-refractivity contribution is 5.59. The van der Waals surface area contributed by atoms with Crippen LogP contribution in [0.25, 0.3) is 5.65 Å². The number of aromatic nitrogens is 4. The van der Waals surface area contributed by atoms with Gasteiger partial charge in [0.15, 0.2) is 5.65 Å². The van der Waals surface area contributed by atoms with Crippen LogP contribution in [-0.4, -0.2) is 49.6 Å². The topological polar surface area (TPSA) is 86.8 Å². The van der Waals surface area contributed by atoms with E-state index in [1.165, 1.54) is 6.33 Å². The van der Waals surface area contributed by atoms with Crippen molar-refractivity contribution in [3.8, 4) is 0 Å². The lowest BCUT2D eigenvalue weighted by Gasteiger charge is -2.18. The van der Waals surface area contributed by atoms with E-state index in [0.29, 0.717) is 18.0 Å². The van der Waals surface area contributed by atoms with Crippen molar-refractivity contribution >= 4 is 17.3 Å². The van der Waals surface area contributed by atoms with Gasteiger partial charge >= 0.3 is 0 Å². The molecule has 2 aromatic heterocycles. The number of fused-ring (bicyclic) bond motifs is 1. The molecule has 0 saturated heterocycles. The Morgan fingerprint density at radius 2 is 2.00 bits per heavy atom. The maximum Gasteiger partial charge on any atom is 0.234 e. The van der Waals surface area contributed by atoms with Crippen molar-refractivity contribution < 1.29 is 10.2 Å². The molecule has 0 aliphatic carbocycles. The molecule has 0 aliphatic heterocycles. The third kappa shape index (κ3) is 2.63. The van der Waals surface area contributed by atoms with E-state index in [-0.39, 0.29) is 6.61 Å². The molecule has 3 aromatic rings. The van der Waals surface area contributed by atoms with Crippen molar-refractivity contribution in [2.24, 2.45) is 0 Å². The zero-order chi connectivity index (χ0) is 15.5. The highest BCUT2D eigenvalue weighted by Gasteiger charge is 2.15. The minimum Gasteiger partial charge on any atom is -0.394 e. The second-order valence-electron chi connectivity index (χ2n) is 5.01. The van der Waals surface area contributed by atoms with Crippen molar-refractivity contribution in [3.63, 3.8) is 0 Å². The molecule has 3 rings (SSSR count). The van der Waals surface area contributed by atoms with Crippen LogP contribution in [0, 0.1) is 0 Å². The van der Waals surface area contributed by atoms with Crippen molar-refractivity contribution in [2.75, 3.05) is 18.6 Å². The van der Waals surface area contributed by atoms with Crippen LogP contribution >= 0.6 is 0 Å². The van der Waals surface area contributed by atoms with Gasteiger partial charge in [0.1, 0.15) is 6.33 Å². The van der Waals surface area contributed by atoms with E-state index in [2.05, 4.69) is 15.1 Å². The van der Waals surface area contributed by atoms with E-state index in [4.69, 9.17) is 5.11 Å². The van der Waals surface area contributed by atoms with Gasteiger partial charge in [-0.2, -0.15) is 9.61 Å². The van der Waals surface area contributed by atoms with Gasteiger partial charge in [0, 0.05) is 24.7 Å². The summed E-state index contributed by atoms with van der Waals surface area (Å²) in [7, 11) is 1.90. The van der Waals surface area contributed by atoms with E-state index >= 15 is 0 Å². The zero-order valence-electron chi connectivity index (χ0n) is 12.2. The van der Waals surface area contributed by atoms with Crippen LogP contribution < -0.4 is 4.90 Å². The third-order valence-corrected chi connectivity index (χ3v) is 3.47. The summed E-state index contributed by atoms with van der Waals surface area (Å²) >= 11 is 0. The van der Waals surface area contributed by atoms with Gasteiger partial charge < -0.3 is 15.1 Å². The molecule has 0 saturated carbocycles. The molecule has 7 heteroatoms. The summed E-state index contributed by atoms with van der Waals surface area (Å²) in [6.45, 7) is -0.292. The molecule has 0 spiro atoms. The smallest absolute Gasteiger partial charge is 0.234 e. The first-order chi connectivity index (χ1) is 10.7. The SMILES string of the molecule is CN(c1ccccc1)c1ncnc2c(CC(O)CO)cnn12. The van der Waals surface area contributed by atoms with Gasteiger partial charge in [-0.25, -0.2) is 9.97 Å². The number of para-hydroxylation sites is 1. The fourth-order valence-corrected chi connectivity index (χ4v) is 2.31. The summed E-state index contributed by atoms with van der Waals surface area (Å²) < 4.78 is 1.63. The Bertz CT molecular complexity index is 759. The Labute approximate surface area is 127 Å². The summed E-state index contributed by atoms with van der Waals surface area (Å²) in [6.07, 6.45) is 2.59. The largest absolute Gasteiger partial charge is 0.394 e.